The van der Waals surface area contributed by atoms with Crippen LogP contribution in [0.15, 0.2) is 106 Å². The maximum atomic E-state index is 4.94. The Morgan fingerprint density at radius 1 is 0.472 bits per heavy atom. The number of allylic oxidation sites excluding steroid dienone is 6. The van der Waals surface area contributed by atoms with Crippen LogP contribution in [0.1, 0.15) is 16.7 Å². The van der Waals surface area contributed by atoms with Gasteiger partial charge in [0.05, 0.1) is 35.3 Å². The van der Waals surface area contributed by atoms with E-state index in [1.807, 2.05) is 0 Å². The molecule has 0 radical (unpaired) electrons. The number of rotatable bonds is 6. The van der Waals surface area contributed by atoms with Crippen molar-refractivity contribution in [1.29, 1.82) is 0 Å². The van der Waals surface area contributed by atoms with Crippen molar-refractivity contribution in [3.63, 3.8) is 0 Å². The van der Waals surface area contributed by atoms with Crippen LogP contribution in [-0.4, -0.2) is 53.8 Å². The number of benzene rings is 1. The van der Waals surface area contributed by atoms with Crippen LogP contribution >= 0.6 is 0 Å². The first-order valence-electron chi connectivity index (χ1n) is 12.9. The minimum Gasteiger partial charge on any atom is -0.284 e. The molecule has 3 N–H and O–H groups in total. The molecule has 0 saturated heterocycles. The molecule has 0 aromatic heterocycles. The first-order chi connectivity index (χ1) is 17.7. The average molecular weight is 475 g/mol. The van der Waals surface area contributed by atoms with Gasteiger partial charge in [0.2, 0.25) is 0 Å². The highest BCUT2D eigenvalue weighted by Gasteiger charge is 2.28. The number of hydrogen-bond donors (Lipinski definition) is 3. The zero-order valence-electron chi connectivity index (χ0n) is 20.1. The third-order valence-corrected chi connectivity index (χ3v) is 7.43. The third-order valence-electron chi connectivity index (χ3n) is 7.43. The number of nitrogens with one attached hydrogen (secondary N) is 3. The highest BCUT2D eigenvalue weighted by atomic mass is 15.2. The average Bonchev–Trinajstić information content (AvgIpc) is 3.58. The van der Waals surface area contributed by atoms with Crippen LogP contribution in [-0.2, 0) is 19.3 Å². The van der Waals surface area contributed by atoms with Crippen molar-refractivity contribution in [1.82, 2.24) is 16.0 Å². The topological polar surface area (TPSA) is 73.2 Å². The lowest BCUT2D eigenvalue weighted by Crippen LogP contribution is -2.35. The summed E-state index contributed by atoms with van der Waals surface area (Å²) < 4.78 is 0. The van der Waals surface area contributed by atoms with Crippen LogP contribution in [0.5, 0.6) is 0 Å². The van der Waals surface area contributed by atoms with Gasteiger partial charge in [0, 0.05) is 19.3 Å². The van der Waals surface area contributed by atoms with Gasteiger partial charge in [-0.3, -0.25) is 30.9 Å². The second-order valence-corrected chi connectivity index (χ2v) is 10.1. The van der Waals surface area contributed by atoms with Crippen LogP contribution in [0.25, 0.3) is 0 Å². The fourth-order valence-electron chi connectivity index (χ4n) is 5.84. The van der Waals surface area contributed by atoms with Gasteiger partial charge < -0.3 is 0 Å². The summed E-state index contributed by atoms with van der Waals surface area (Å²) in [6.45, 7) is 0. The number of hydrogen-bond acceptors (Lipinski definition) is 6. The molecule has 3 heterocycles. The SMILES string of the molecule is C1=CC2=NC(Cc3cc(CC4N=C5C=CC=CC5N4)cc(CC4N=C5C=CC=CC5N4)c3)NC2C=C1. The number of nitrogens with zero attached hydrogens (tertiary/aromatic N) is 3. The van der Waals surface area contributed by atoms with Crippen LogP contribution in [0.4, 0.5) is 0 Å². The van der Waals surface area contributed by atoms with E-state index >= 15 is 0 Å². The normalized spacial score (nSPS) is 32.8. The van der Waals surface area contributed by atoms with Gasteiger partial charge in [-0.05, 0) is 34.9 Å². The monoisotopic (exact) mass is 474 g/mol. The molecule has 0 spiro atoms. The Labute approximate surface area is 211 Å². The van der Waals surface area contributed by atoms with E-state index in [1.165, 1.54) is 16.7 Å². The fraction of sp³-hybridized carbons (Fsp3) is 0.300. The molecule has 36 heavy (non-hydrogen) atoms. The minimum absolute atomic E-state index is 0.0893. The molecule has 1 aromatic carbocycles. The van der Waals surface area contributed by atoms with Gasteiger partial charge in [0.15, 0.2) is 0 Å². The summed E-state index contributed by atoms with van der Waals surface area (Å²) in [5.41, 5.74) is 7.31. The predicted molar refractivity (Wildman–Crippen MR) is 147 cm³/mol. The minimum atomic E-state index is 0.0893. The summed E-state index contributed by atoms with van der Waals surface area (Å²) >= 11 is 0. The molecule has 7 rings (SSSR count). The summed E-state index contributed by atoms with van der Waals surface area (Å²) in [4.78, 5) is 14.8. The summed E-state index contributed by atoms with van der Waals surface area (Å²) in [6.07, 6.45) is 28.2. The van der Waals surface area contributed by atoms with Crippen LogP contribution in [0.3, 0.4) is 0 Å². The molecule has 1 aromatic rings. The second-order valence-electron chi connectivity index (χ2n) is 10.1. The first-order valence-corrected chi connectivity index (χ1v) is 12.9. The van der Waals surface area contributed by atoms with Crippen molar-refractivity contribution >= 4 is 17.1 Å². The lowest BCUT2D eigenvalue weighted by Gasteiger charge is -2.17. The number of aliphatic imine (C=N–C) groups is 3. The van der Waals surface area contributed by atoms with Crippen LogP contribution in [0.2, 0.25) is 0 Å². The third kappa shape index (κ3) is 4.44. The smallest absolute Gasteiger partial charge is 0.105 e. The van der Waals surface area contributed by atoms with Gasteiger partial charge in [-0.25, -0.2) is 0 Å². The zero-order valence-corrected chi connectivity index (χ0v) is 20.1. The standard InChI is InChI=1S/C30H30N6/c1-2-8-23-22(7-1)31-28(32-23)16-19-13-20(17-29-33-24-9-3-4-10-25(24)34-29)15-21(14-19)18-30-35-26-11-5-6-12-27(26)36-30/h1-15,22,24,26,28-31,33,35H,16-18H2. The van der Waals surface area contributed by atoms with Gasteiger partial charge in [0.25, 0.3) is 0 Å². The lowest BCUT2D eigenvalue weighted by atomic mass is 9.97. The fourth-order valence-corrected chi connectivity index (χ4v) is 5.84. The molecule has 3 aliphatic carbocycles. The van der Waals surface area contributed by atoms with E-state index in [-0.39, 0.29) is 36.6 Å². The Morgan fingerprint density at radius 3 is 1.11 bits per heavy atom. The molecule has 6 unspecified atom stereocenters. The Hall–Kier alpha value is -3.45. The van der Waals surface area contributed by atoms with E-state index in [0.717, 1.165) is 36.4 Å². The van der Waals surface area contributed by atoms with E-state index in [0.29, 0.717) is 0 Å². The summed E-state index contributed by atoms with van der Waals surface area (Å²) in [6, 6.07) is 7.71. The molecule has 6 heteroatoms. The highest BCUT2D eigenvalue weighted by molar-refractivity contribution is 6.04. The lowest BCUT2D eigenvalue weighted by molar-refractivity contribution is 0.556. The van der Waals surface area contributed by atoms with E-state index in [4.69, 9.17) is 15.0 Å². The molecular formula is C30H30N6. The highest BCUT2D eigenvalue weighted by Crippen LogP contribution is 2.22. The van der Waals surface area contributed by atoms with Gasteiger partial charge in [0.1, 0.15) is 18.5 Å². The van der Waals surface area contributed by atoms with Gasteiger partial charge in [-0.2, -0.15) is 0 Å². The molecule has 3 aliphatic heterocycles. The largest absolute Gasteiger partial charge is 0.284 e. The zero-order chi connectivity index (χ0) is 23.9. The van der Waals surface area contributed by atoms with Crippen molar-refractivity contribution in [2.45, 2.75) is 55.9 Å². The predicted octanol–water partition coefficient (Wildman–Crippen LogP) is 2.91. The molecule has 180 valence electrons. The molecule has 0 amide bonds. The summed E-state index contributed by atoms with van der Waals surface area (Å²) in [5.74, 6) is 0. The van der Waals surface area contributed by atoms with E-state index in [1.54, 1.807) is 0 Å². The molecule has 6 atom stereocenters. The molecular weight excluding hydrogens is 444 g/mol. The molecule has 0 fully saturated rings. The Bertz CT molecular complexity index is 1160. The van der Waals surface area contributed by atoms with Gasteiger partial charge in [-0.15, -0.1) is 0 Å². The van der Waals surface area contributed by atoms with Crippen LogP contribution in [0, 0.1) is 0 Å². The quantitative estimate of drug-likeness (QED) is 0.594. The van der Waals surface area contributed by atoms with E-state index in [2.05, 4.69) is 107 Å². The maximum Gasteiger partial charge on any atom is 0.105 e. The number of fused-ring (bicyclic) bond motifs is 3. The first kappa shape index (κ1) is 21.8. The van der Waals surface area contributed by atoms with Crippen molar-refractivity contribution in [3.05, 3.63) is 108 Å². The van der Waals surface area contributed by atoms with Gasteiger partial charge in [-0.1, -0.05) is 72.9 Å². The van der Waals surface area contributed by atoms with Crippen molar-refractivity contribution in [2.75, 3.05) is 0 Å². The molecule has 0 bridgehead atoms. The summed E-state index contributed by atoms with van der Waals surface area (Å²) in [7, 11) is 0. The maximum absolute atomic E-state index is 4.94. The second kappa shape index (κ2) is 9.21. The van der Waals surface area contributed by atoms with Crippen molar-refractivity contribution in [2.24, 2.45) is 15.0 Å². The molecule has 6 nitrogen and oxygen atoms in total. The summed E-state index contributed by atoms with van der Waals surface area (Å²) in [5, 5.41) is 11.0. The van der Waals surface area contributed by atoms with Crippen LogP contribution < -0.4 is 16.0 Å². The van der Waals surface area contributed by atoms with E-state index in [9.17, 15) is 0 Å². The molecule has 0 saturated carbocycles. The molecule has 6 aliphatic rings. The Morgan fingerprint density at radius 2 is 0.806 bits per heavy atom. The van der Waals surface area contributed by atoms with Crippen molar-refractivity contribution in [3.8, 4) is 0 Å². The van der Waals surface area contributed by atoms with E-state index < -0.39 is 0 Å². The van der Waals surface area contributed by atoms with Crippen molar-refractivity contribution < 1.29 is 0 Å². The van der Waals surface area contributed by atoms with Gasteiger partial charge >= 0.3 is 0 Å². The Balaban J connectivity index is 1.13. The Kier molecular flexibility index (Phi) is 5.58.